The molecule has 5 heteroatoms. The van der Waals surface area contributed by atoms with E-state index in [2.05, 4.69) is 15.0 Å². The normalized spacial score (nSPS) is 20.5. The molecular formula is C15H17N3O2. The largest absolute Gasteiger partial charge is 0.495 e. The highest BCUT2D eigenvalue weighted by molar-refractivity contribution is 5.25. The van der Waals surface area contributed by atoms with Crippen LogP contribution in [0.25, 0.3) is 0 Å². The number of hydrogen-bond acceptors (Lipinski definition) is 5. The van der Waals surface area contributed by atoms with E-state index in [0.717, 1.165) is 23.4 Å². The van der Waals surface area contributed by atoms with Crippen molar-refractivity contribution >= 4 is 0 Å². The van der Waals surface area contributed by atoms with Crippen LogP contribution < -0.4 is 9.47 Å². The third kappa shape index (κ3) is 2.71. The molecule has 104 valence electrons. The van der Waals surface area contributed by atoms with Gasteiger partial charge in [0, 0.05) is 29.3 Å². The smallest absolute Gasteiger partial charge is 0.219 e. The molecule has 3 rings (SSSR count). The third-order valence-corrected chi connectivity index (χ3v) is 3.58. The summed E-state index contributed by atoms with van der Waals surface area (Å²) in [5.41, 5.74) is 2.08. The molecule has 20 heavy (non-hydrogen) atoms. The maximum absolute atomic E-state index is 5.75. The second kappa shape index (κ2) is 5.45. The quantitative estimate of drug-likeness (QED) is 0.835. The number of aromatic nitrogens is 3. The first-order valence-corrected chi connectivity index (χ1v) is 6.67. The first-order chi connectivity index (χ1) is 9.78. The SMILES string of the molecule is COc1ccc(C2C[C@H]2COc2ncncc2C)nc1. The fourth-order valence-electron chi connectivity index (χ4n) is 2.25. The summed E-state index contributed by atoms with van der Waals surface area (Å²) in [5.74, 6) is 2.47. The molecule has 1 saturated carbocycles. The molecule has 1 fully saturated rings. The Kier molecular flexibility index (Phi) is 3.50. The van der Waals surface area contributed by atoms with Gasteiger partial charge in [-0.15, -0.1) is 0 Å². The van der Waals surface area contributed by atoms with Crippen LogP contribution in [0.1, 0.15) is 23.6 Å². The topological polar surface area (TPSA) is 57.1 Å². The molecule has 5 nitrogen and oxygen atoms in total. The minimum absolute atomic E-state index is 0.489. The van der Waals surface area contributed by atoms with Crippen molar-refractivity contribution in [3.05, 3.63) is 42.1 Å². The van der Waals surface area contributed by atoms with E-state index in [1.165, 1.54) is 6.33 Å². The Bertz CT molecular complexity index is 586. The minimum Gasteiger partial charge on any atom is -0.495 e. The molecule has 0 aromatic carbocycles. The molecule has 0 radical (unpaired) electrons. The number of pyridine rings is 1. The first-order valence-electron chi connectivity index (χ1n) is 6.67. The maximum Gasteiger partial charge on any atom is 0.219 e. The number of aryl methyl sites for hydroxylation is 1. The first kappa shape index (κ1) is 12.8. The van der Waals surface area contributed by atoms with Gasteiger partial charge in [-0.05, 0) is 25.5 Å². The van der Waals surface area contributed by atoms with Gasteiger partial charge in [0.1, 0.15) is 12.1 Å². The lowest BCUT2D eigenvalue weighted by atomic mass is 10.2. The molecule has 2 atom stereocenters. The minimum atomic E-state index is 0.489. The van der Waals surface area contributed by atoms with Gasteiger partial charge >= 0.3 is 0 Å². The predicted octanol–water partition coefficient (Wildman–Crippen LogP) is 2.37. The second-order valence-corrected chi connectivity index (χ2v) is 5.05. The van der Waals surface area contributed by atoms with Gasteiger partial charge in [-0.1, -0.05) is 0 Å². The van der Waals surface area contributed by atoms with Gasteiger partial charge in [0.05, 0.1) is 19.9 Å². The van der Waals surface area contributed by atoms with Crippen LogP contribution in [0.4, 0.5) is 0 Å². The van der Waals surface area contributed by atoms with Gasteiger partial charge < -0.3 is 9.47 Å². The van der Waals surface area contributed by atoms with E-state index in [4.69, 9.17) is 9.47 Å². The van der Waals surface area contributed by atoms with Gasteiger partial charge in [-0.3, -0.25) is 4.98 Å². The van der Waals surface area contributed by atoms with Crippen LogP contribution in [0, 0.1) is 12.8 Å². The fraction of sp³-hybridized carbons (Fsp3) is 0.400. The van der Waals surface area contributed by atoms with E-state index in [9.17, 15) is 0 Å². The Labute approximate surface area is 118 Å². The van der Waals surface area contributed by atoms with E-state index in [0.29, 0.717) is 24.3 Å². The van der Waals surface area contributed by atoms with Crippen LogP contribution in [0.5, 0.6) is 11.6 Å². The lowest BCUT2D eigenvalue weighted by Gasteiger charge is -2.06. The zero-order valence-electron chi connectivity index (χ0n) is 11.6. The van der Waals surface area contributed by atoms with Crippen LogP contribution in [-0.4, -0.2) is 28.7 Å². The van der Waals surface area contributed by atoms with Gasteiger partial charge in [0.25, 0.3) is 0 Å². The average Bonchev–Trinajstić information content (AvgIpc) is 3.26. The lowest BCUT2D eigenvalue weighted by molar-refractivity contribution is 0.283. The van der Waals surface area contributed by atoms with Crippen molar-refractivity contribution in [1.82, 2.24) is 15.0 Å². The number of ether oxygens (including phenoxy) is 2. The standard InChI is InChI=1S/C15H17N3O2/c1-10-6-16-9-18-15(10)20-8-11-5-13(11)14-4-3-12(19-2)7-17-14/h3-4,6-7,9,11,13H,5,8H2,1-2H3/t11-,13?/m0/s1. The van der Waals surface area contributed by atoms with Crippen molar-refractivity contribution in [2.24, 2.45) is 5.92 Å². The van der Waals surface area contributed by atoms with E-state index in [1.54, 1.807) is 19.5 Å². The zero-order chi connectivity index (χ0) is 13.9. The van der Waals surface area contributed by atoms with E-state index >= 15 is 0 Å². The number of nitrogens with zero attached hydrogens (tertiary/aromatic N) is 3. The van der Waals surface area contributed by atoms with Crippen molar-refractivity contribution in [3.63, 3.8) is 0 Å². The Morgan fingerprint density at radius 1 is 1.25 bits per heavy atom. The van der Waals surface area contributed by atoms with Crippen molar-refractivity contribution in [2.75, 3.05) is 13.7 Å². The van der Waals surface area contributed by atoms with Crippen LogP contribution >= 0.6 is 0 Å². The molecule has 0 amide bonds. The summed E-state index contributed by atoms with van der Waals surface area (Å²) in [6.45, 7) is 2.63. The lowest BCUT2D eigenvalue weighted by Crippen LogP contribution is -2.04. The molecule has 2 aromatic rings. The van der Waals surface area contributed by atoms with Crippen LogP contribution in [0.2, 0.25) is 0 Å². The summed E-state index contributed by atoms with van der Waals surface area (Å²) in [7, 11) is 1.65. The molecule has 2 heterocycles. The van der Waals surface area contributed by atoms with Crippen molar-refractivity contribution in [1.29, 1.82) is 0 Å². The van der Waals surface area contributed by atoms with Gasteiger partial charge in [0.2, 0.25) is 5.88 Å². The van der Waals surface area contributed by atoms with E-state index in [1.807, 2.05) is 19.1 Å². The van der Waals surface area contributed by atoms with Gasteiger partial charge in [-0.2, -0.15) is 0 Å². The molecule has 0 aliphatic heterocycles. The highest BCUT2D eigenvalue weighted by Gasteiger charge is 2.40. The van der Waals surface area contributed by atoms with Gasteiger partial charge in [0.15, 0.2) is 0 Å². The molecule has 0 N–H and O–H groups in total. The Hall–Kier alpha value is -2.17. The predicted molar refractivity (Wildman–Crippen MR) is 73.9 cm³/mol. The molecule has 1 aliphatic carbocycles. The van der Waals surface area contributed by atoms with Crippen molar-refractivity contribution in [2.45, 2.75) is 19.3 Å². The van der Waals surface area contributed by atoms with Crippen LogP contribution in [0.15, 0.2) is 30.9 Å². The number of methoxy groups -OCH3 is 1. The Morgan fingerprint density at radius 2 is 2.15 bits per heavy atom. The maximum atomic E-state index is 5.75. The van der Waals surface area contributed by atoms with E-state index < -0.39 is 0 Å². The number of rotatable bonds is 5. The molecule has 0 saturated heterocycles. The van der Waals surface area contributed by atoms with E-state index in [-0.39, 0.29) is 0 Å². The monoisotopic (exact) mass is 271 g/mol. The summed E-state index contributed by atoms with van der Waals surface area (Å²) < 4.78 is 10.9. The van der Waals surface area contributed by atoms with Gasteiger partial charge in [-0.25, -0.2) is 9.97 Å². The van der Waals surface area contributed by atoms with Crippen molar-refractivity contribution < 1.29 is 9.47 Å². The van der Waals surface area contributed by atoms with Crippen LogP contribution in [0.3, 0.4) is 0 Å². The number of hydrogen-bond donors (Lipinski definition) is 0. The summed E-state index contributed by atoms with van der Waals surface area (Å²) in [6.07, 6.45) is 6.15. The highest BCUT2D eigenvalue weighted by Crippen LogP contribution is 2.46. The molecule has 1 unspecified atom stereocenters. The molecule has 2 aromatic heterocycles. The molecule has 1 aliphatic rings. The molecular weight excluding hydrogens is 254 g/mol. The summed E-state index contributed by atoms with van der Waals surface area (Å²) >= 11 is 0. The van der Waals surface area contributed by atoms with Crippen LogP contribution in [-0.2, 0) is 0 Å². The van der Waals surface area contributed by atoms with Crippen molar-refractivity contribution in [3.8, 4) is 11.6 Å². The highest BCUT2D eigenvalue weighted by atomic mass is 16.5. The second-order valence-electron chi connectivity index (χ2n) is 5.05. The summed E-state index contributed by atoms with van der Waals surface area (Å²) in [4.78, 5) is 12.5. The molecule has 0 bridgehead atoms. The fourth-order valence-corrected chi connectivity index (χ4v) is 2.25. The Balaban J connectivity index is 1.55. The average molecular weight is 271 g/mol. The molecule has 0 spiro atoms. The summed E-state index contributed by atoms with van der Waals surface area (Å²) in [5, 5.41) is 0. The third-order valence-electron chi connectivity index (χ3n) is 3.58. The summed E-state index contributed by atoms with van der Waals surface area (Å²) in [6, 6.07) is 3.98. The zero-order valence-corrected chi connectivity index (χ0v) is 11.6. The Morgan fingerprint density at radius 3 is 2.85 bits per heavy atom.